The molecule has 130 valence electrons. The number of thiazole rings is 1. The summed E-state index contributed by atoms with van der Waals surface area (Å²) in [5.41, 5.74) is 2.35. The van der Waals surface area contributed by atoms with Crippen LogP contribution < -0.4 is 0 Å². The summed E-state index contributed by atoms with van der Waals surface area (Å²) >= 11 is 5.01. The fourth-order valence-electron chi connectivity index (χ4n) is 3.19. The SMILES string of the molecule is CCOC(=O)c1nc(CN2CCc3sccc3C2c2cccs2)cs1. The number of hydrogen-bond donors (Lipinski definition) is 0. The number of rotatable bonds is 5. The van der Waals surface area contributed by atoms with E-state index in [1.165, 1.54) is 26.7 Å². The lowest BCUT2D eigenvalue weighted by Crippen LogP contribution is -2.34. The van der Waals surface area contributed by atoms with Gasteiger partial charge in [0.05, 0.1) is 18.3 Å². The lowest BCUT2D eigenvalue weighted by atomic mass is 9.98. The van der Waals surface area contributed by atoms with E-state index in [-0.39, 0.29) is 12.0 Å². The number of hydrogen-bond acceptors (Lipinski definition) is 7. The zero-order valence-electron chi connectivity index (χ0n) is 13.8. The van der Waals surface area contributed by atoms with Gasteiger partial charge < -0.3 is 4.74 Å². The first kappa shape index (κ1) is 16.9. The van der Waals surface area contributed by atoms with E-state index in [9.17, 15) is 4.79 Å². The molecule has 4 heterocycles. The van der Waals surface area contributed by atoms with E-state index in [1.807, 2.05) is 23.6 Å². The number of aromatic nitrogens is 1. The molecular formula is C18H18N2O2S3. The third-order valence-corrected chi connectivity index (χ3v) is 7.04. The Kier molecular flexibility index (Phi) is 4.98. The minimum atomic E-state index is -0.327. The summed E-state index contributed by atoms with van der Waals surface area (Å²) in [5.74, 6) is -0.327. The van der Waals surface area contributed by atoms with E-state index in [0.29, 0.717) is 11.6 Å². The fourth-order valence-corrected chi connectivity index (χ4v) is 5.67. The summed E-state index contributed by atoms with van der Waals surface area (Å²) in [6.45, 7) is 3.93. The van der Waals surface area contributed by atoms with Crippen LogP contribution >= 0.6 is 34.0 Å². The van der Waals surface area contributed by atoms with E-state index >= 15 is 0 Å². The summed E-state index contributed by atoms with van der Waals surface area (Å²) in [6, 6.07) is 6.85. The number of ether oxygens (including phenoxy) is 1. The molecule has 0 aliphatic carbocycles. The molecule has 0 saturated heterocycles. The van der Waals surface area contributed by atoms with Crippen molar-refractivity contribution >= 4 is 40.0 Å². The van der Waals surface area contributed by atoms with E-state index in [2.05, 4.69) is 38.8 Å². The van der Waals surface area contributed by atoms with E-state index in [1.54, 1.807) is 11.3 Å². The summed E-state index contributed by atoms with van der Waals surface area (Å²) in [6.07, 6.45) is 1.07. The Morgan fingerprint density at radius 3 is 3.04 bits per heavy atom. The van der Waals surface area contributed by atoms with E-state index < -0.39 is 0 Å². The summed E-state index contributed by atoms with van der Waals surface area (Å²) < 4.78 is 5.05. The van der Waals surface area contributed by atoms with Crippen molar-refractivity contribution in [2.75, 3.05) is 13.2 Å². The van der Waals surface area contributed by atoms with Gasteiger partial charge in [0.15, 0.2) is 0 Å². The first-order valence-electron chi connectivity index (χ1n) is 8.21. The molecule has 1 unspecified atom stereocenters. The Labute approximate surface area is 158 Å². The normalized spacial score (nSPS) is 17.4. The fraction of sp³-hybridized carbons (Fsp3) is 0.333. The summed E-state index contributed by atoms with van der Waals surface area (Å²) in [7, 11) is 0. The zero-order valence-corrected chi connectivity index (χ0v) is 16.3. The van der Waals surface area contributed by atoms with Gasteiger partial charge >= 0.3 is 5.97 Å². The van der Waals surface area contributed by atoms with Crippen LogP contribution in [0.1, 0.15) is 43.8 Å². The third kappa shape index (κ3) is 3.42. The third-order valence-electron chi connectivity index (χ3n) is 4.25. The highest BCUT2D eigenvalue weighted by Gasteiger charge is 2.30. The molecule has 0 bridgehead atoms. The van der Waals surface area contributed by atoms with Gasteiger partial charge in [-0.15, -0.1) is 34.0 Å². The molecule has 0 amide bonds. The van der Waals surface area contributed by atoms with Crippen molar-refractivity contribution in [3.63, 3.8) is 0 Å². The van der Waals surface area contributed by atoms with E-state index in [4.69, 9.17) is 4.74 Å². The van der Waals surface area contributed by atoms with Crippen LogP contribution in [0.3, 0.4) is 0 Å². The first-order valence-corrected chi connectivity index (χ1v) is 10.9. The lowest BCUT2D eigenvalue weighted by molar-refractivity contribution is 0.0525. The van der Waals surface area contributed by atoms with Gasteiger partial charge in [-0.05, 0) is 41.8 Å². The number of nitrogens with zero attached hydrogens (tertiary/aromatic N) is 2. The molecular weight excluding hydrogens is 372 g/mol. The molecule has 1 aliphatic rings. The van der Waals surface area contributed by atoms with Gasteiger partial charge in [0.2, 0.25) is 5.01 Å². The molecule has 4 nitrogen and oxygen atoms in total. The molecule has 0 radical (unpaired) electrons. The lowest BCUT2D eigenvalue weighted by Gasteiger charge is -2.35. The Hall–Kier alpha value is -1.54. The second-order valence-electron chi connectivity index (χ2n) is 5.80. The largest absolute Gasteiger partial charge is 0.461 e. The van der Waals surface area contributed by atoms with Crippen molar-refractivity contribution in [3.8, 4) is 0 Å². The van der Waals surface area contributed by atoms with Gasteiger partial charge in [-0.3, -0.25) is 4.90 Å². The maximum Gasteiger partial charge on any atom is 0.367 e. The molecule has 0 fully saturated rings. The monoisotopic (exact) mass is 390 g/mol. The number of fused-ring (bicyclic) bond motifs is 1. The Bertz CT molecular complexity index is 853. The summed E-state index contributed by atoms with van der Waals surface area (Å²) in [4.78, 5) is 21.6. The van der Waals surface area contributed by atoms with Crippen molar-refractivity contribution in [1.82, 2.24) is 9.88 Å². The molecule has 3 aromatic heterocycles. The number of thiophene rings is 2. The Morgan fingerprint density at radius 2 is 2.24 bits per heavy atom. The Morgan fingerprint density at radius 1 is 1.32 bits per heavy atom. The highest BCUT2D eigenvalue weighted by Crippen LogP contribution is 2.40. The first-order chi connectivity index (χ1) is 12.3. The van der Waals surface area contributed by atoms with Crippen LogP contribution in [-0.4, -0.2) is 29.0 Å². The predicted molar refractivity (Wildman–Crippen MR) is 103 cm³/mol. The maximum absolute atomic E-state index is 11.8. The quantitative estimate of drug-likeness (QED) is 0.598. The molecule has 0 N–H and O–H groups in total. The van der Waals surface area contributed by atoms with Crippen LogP contribution in [-0.2, 0) is 17.7 Å². The van der Waals surface area contributed by atoms with Crippen molar-refractivity contribution in [1.29, 1.82) is 0 Å². The van der Waals surface area contributed by atoms with Crippen LogP contribution in [0.5, 0.6) is 0 Å². The second kappa shape index (κ2) is 7.37. The van der Waals surface area contributed by atoms with Crippen molar-refractivity contribution in [2.45, 2.75) is 25.9 Å². The standard InChI is InChI=1S/C18H18N2O2S3/c1-2-22-18(21)17-19-12(11-25-17)10-20-7-5-14-13(6-9-24-14)16(20)15-4-3-8-23-15/h3-4,6,8-9,11,16H,2,5,7,10H2,1H3. The van der Waals surface area contributed by atoms with Gasteiger partial charge in [0.25, 0.3) is 0 Å². The number of esters is 1. The molecule has 0 saturated carbocycles. The second-order valence-corrected chi connectivity index (χ2v) is 8.64. The summed E-state index contributed by atoms with van der Waals surface area (Å²) in [5, 5.41) is 6.74. The van der Waals surface area contributed by atoms with Gasteiger partial charge in [-0.2, -0.15) is 0 Å². The molecule has 1 atom stereocenters. The molecule has 25 heavy (non-hydrogen) atoms. The van der Waals surface area contributed by atoms with Crippen molar-refractivity contribution < 1.29 is 9.53 Å². The molecule has 7 heteroatoms. The van der Waals surface area contributed by atoms with Crippen LogP contribution in [0.2, 0.25) is 0 Å². The smallest absolute Gasteiger partial charge is 0.367 e. The van der Waals surface area contributed by atoms with Crippen LogP contribution in [0.15, 0.2) is 34.3 Å². The minimum absolute atomic E-state index is 0.280. The predicted octanol–water partition coefficient (Wildman–Crippen LogP) is 4.59. The molecule has 3 aromatic rings. The van der Waals surface area contributed by atoms with Gasteiger partial charge in [-0.1, -0.05) is 6.07 Å². The number of carbonyl (C=O) groups excluding carboxylic acids is 1. The maximum atomic E-state index is 11.8. The highest BCUT2D eigenvalue weighted by atomic mass is 32.1. The average molecular weight is 391 g/mol. The van der Waals surface area contributed by atoms with E-state index in [0.717, 1.165) is 25.2 Å². The molecule has 0 spiro atoms. The zero-order chi connectivity index (χ0) is 17.2. The number of carbonyl (C=O) groups is 1. The Balaban J connectivity index is 1.58. The highest BCUT2D eigenvalue weighted by molar-refractivity contribution is 7.11. The van der Waals surface area contributed by atoms with Crippen molar-refractivity contribution in [3.05, 3.63) is 60.4 Å². The topological polar surface area (TPSA) is 42.4 Å². The van der Waals surface area contributed by atoms with Gasteiger partial charge in [0.1, 0.15) is 0 Å². The minimum Gasteiger partial charge on any atom is -0.461 e. The molecule has 0 aromatic carbocycles. The van der Waals surface area contributed by atoms with Gasteiger partial charge in [-0.25, -0.2) is 9.78 Å². The molecule has 1 aliphatic heterocycles. The average Bonchev–Trinajstić information content (AvgIpc) is 3.36. The molecule has 4 rings (SSSR count). The van der Waals surface area contributed by atoms with Crippen LogP contribution in [0.4, 0.5) is 0 Å². The van der Waals surface area contributed by atoms with Crippen LogP contribution in [0, 0.1) is 0 Å². The van der Waals surface area contributed by atoms with Gasteiger partial charge in [0, 0.05) is 28.2 Å². The van der Waals surface area contributed by atoms with Crippen molar-refractivity contribution in [2.24, 2.45) is 0 Å². The van der Waals surface area contributed by atoms with Crippen LogP contribution in [0.25, 0.3) is 0 Å².